The van der Waals surface area contributed by atoms with Gasteiger partial charge < -0.3 is 0 Å². The van der Waals surface area contributed by atoms with Crippen LogP contribution in [0.4, 0.5) is 5.69 Å². The second kappa shape index (κ2) is 4.47. The average Bonchev–Trinajstić information content (AvgIpc) is 3.28. The first-order chi connectivity index (χ1) is 10.6. The SMILES string of the molecule is O=C1[C@@H]2[C@@H]3CC[C@@H]([C@H]4C[C@H]43)[C@@H]2C(=O)N1c1ccc(I)c(Cl)c1. The Hall–Kier alpha value is -0.620. The molecule has 2 amide bonds. The van der Waals surface area contributed by atoms with Gasteiger partial charge in [-0.25, -0.2) is 4.90 Å². The Morgan fingerprint density at radius 3 is 2.14 bits per heavy atom. The molecule has 5 heteroatoms. The van der Waals surface area contributed by atoms with Gasteiger partial charge in [0.1, 0.15) is 0 Å². The molecule has 5 aliphatic rings. The quantitative estimate of drug-likeness (QED) is 0.506. The van der Waals surface area contributed by atoms with Crippen LogP contribution in [0.3, 0.4) is 0 Å². The van der Waals surface area contributed by atoms with Crippen LogP contribution in [0.25, 0.3) is 0 Å². The molecule has 1 heterocycles. The fourth-order valence-corrected chi connectivity index (χ4v) is 5.93. The van der Waals surface area contributed by atoms with Gasteiger partial charge in [-0.15, -0.1) is 0 Å². The van der Waals surface area contributed by atoms with E-state index in [0.29, 0.717) is 22.5 Å². The van der Waals surface area contributed by atoms with Gasteiger partial charge in [-0.05, 0) is 83.7 Å². The van der Waals surface area contributed by atoms with E-state index in [1.807, 2.05) is 12.1 Å². The third kappa shape index (κ3) is 1.63. The molecule has 2 bridgehead atoms. The summed E-state index contributed by atoms with van der Waals surface area (Å²) in [5, 5.41) is 0.597. The molecular weight excluding hydrogens is 413 g/mol. The van der Waals surface area contributed by atoms with Crippen molar-refractivity contribution >= 4 is 51.7 Å². The minimum Gasteiger partial charge on any atom is -0.274 e. The molecule has 3 nitrogen and oxygen atoms in total. The van der Waals surface area contributed by atoms with Gasteiger partial charge >= 0.3 is 0 Å². The first kappa shape index (κ1) is 13.8. The molecule has 6 atom stereocenters. The molecule has 0 spiro atoms. The van der Waals surface area contributed by atoms with Crippen LogP contribution in [0, 0.1) is 39.1 Å². The Labute approximate surface area is 147 Å². The molecule has 1 aromatic carbocycles. The molecule has 0 aromatic heterocycles. The molecule has 0 N–H and O–H groups in total. The van der Waals surface area contributed by atoms with Crippen molar-refractivity contribution in [3.63, 3.8) is 0 Å². The summed E-state index contributed by atoms with van der Waals surface area (Å²) < 4.78 is 0.931. The number of hydrogen-bond acceptors (Lipinski definition) is 2. The Kier molecular flexibility index (Phi) is 2.80. The monoisotopic (exact) mass is 427 g/mol. The Morgan fingerprint density at radius 1 is 1.00 bits per heavy atom. The van der Waals surface area contributed by atoms with E-state index >= 15 is 0 Å². The smallest absolute Gasteiger partial charge is 0.237 e. The fraction of sp³-hybridized carbons (Fsp3) is 0.529. The molecule has 0 radical (unpaired) electrons. The van der Waals surface area contributed by atoms with Crippen LogP contribution in [-0.4, -0.2) is 11.8 Å². The maximum Gasteiger partial charge on any atom is 0.237 e. The first-order valence-corrected chi connectivity index (χ1v) is 9.36. The Morgan fingerprint density at radius 2 is 1.59 bits per heavy atom. The van der Waals surface area contributed by atoms with E-state index in [1.165, 1.54) is 11.3 Å². The standard InChI is InChI=1S/C17H15ClINO2/c18-12-5-7(1-4-13(12)19)20-16(21)14-8-2-3-9(11-6-10(8)11)15(14)17(20)22/h1,4-5,8-11,14-15H,2-3,6H2/t8-,9+,10+,11-,14-,15+. The number of carbonyl (C=O) groups is 2. The number of rotatable bonds is 1. The molecule has 1 aromatic rings. The number of carbonyl (C=O) groups excluding carboxylic acids is 2. The lowest BCUT2D eigenvalue weighted by atomic mass is 9.59. The summed E-state index contributed by atoms with van der Waals surface area (Å²) in [5.41, 5.74) is 0.642. The van der Waals surface area contributed by atoms with Crippen LogP contribution in [0.1, 0.15) is 19.3 Å². The van der Waals surface area contributed by atoms with Crippen LogP contribution in [0.15, 0.2) is 18.2 Å². The zero-order valence-corrected chi connectivity index (χ0v) is 14.8. The highest BCUT2D eigenvalue weighted by Gasteiger charge is 2.68. The number of benzene rings is 1. The van der Waals surface area contributed by atoms with E-state index in [2.05, 4.69) is 22.6 Å². The number of nitrogens with zero attached hydrogens (tertiary/aromatic N) is 1. The van der Waals surface area contributed by atoms with Crippen LogP contribution in [-0.2, 0) is 9.59 Å². The highest BCUT2D eigenvalue weighted by atomic mass is 127. The Bertz CT molecular complexity index is 687. The predicted octanol–water partition coefficient (Wildman–Crippen LogP) is 3.73. The highest BCUT2D eigenvalue weighted by molar-refractivity contribution is 14.1. The van der Waals surface area contributed by atoms with Crippen molar-refractivity contribution in [3.8, 4) is 0 Å². The van der Waals surface area contributed by atoms with Crippen molar-refractivity contribution in [2.75, 3.05) is 4.90 Å². The van der Waals surface area contributed by atoms with Gasteiger partial charge in [0.2, 0.25) is 11.8 Å². The van der Waals surface area contributed by atoms with Gasteiger partial charge in [0.25, 0.3) is 0 Å². The molecule has 5 fully saturated rings. The summed E-state index contributed by atoms with van der Waals surface area (Å²) in [6.45, 7) is 0. The van der Waals surface area contributed by atoms with E-state index in [1.54, 1.807) is 6.07 Å². The van der Waals surface area contributed by atoms with Gasteiger partial charge in [-0.1, -0.05) is 11.6 Å². The lowest BCUT2D eigenvalue weighted by Crippen LogP contribution is -2.43. The van der Waals surface area contributed by atoms with Crippen molar-refractivity contribution in [2.45, 2.75) is 19.3 Å². The normalized spacial score (nSPS) is 41.6. The molecule has 22 heavy (non-hydrogen) atoms. The maximum atomic E-state index is 13.0. The molecule has 6 rings (SSSR count). The molecular formula is C17H15ClINO2. The number of hydrogen-bond donors (Lipinski definition) is 0. The first-order valence-electron chi connectivity index (χ1n) is 7.91. The lowest BCUT2D eigenvalue weighted by Gasteiger charge is -2.42. The topological polar surface area (TPSA) is 37.4 Å². The fourth-order valence-electron chi connectivity index (χ4n) is 5.42. The minimum atomic E-state index is -0.0620. The number of halogens is 2. The second-order valence-electron chi connectivity index (χ2n) is 7.13. The zero-order valence-electron chi connectivity index (χ0n) is 11.8. The Balaban J connectivity index is 1.57. The van der Waals surface area contributed by atoms with E-state index in [4.69, 9.17) is 11.6 Å². The van der Waals surface area contributed by atoms with Crippen LogP contribution in [0.5, 0.6) is 0 Å². The van der Waals surface area contributed by atoms with Gasteiger partial charge in [0.05, 0.1) is 22.5 Å². The number of amides is 2. The maximum absolute atomic E-state index is 13.0. The molecule has 4 aliphatic carbocycles. The number of anilines is 1. The van der Waals surface area contributed by atoms with E-state index in [0.717, 1.165) is 28.2 Å². The predicted molar refractivity (Wildman–Crippen MR) is 91.5 cm³/mol. The van der Waals surface area contributed by atoms with Crippen molar-refractivity contribution in [1.29, 1.82) is 0 Å². The van der Waals surface area contributed by atoms with Crippen molar-refractivity contribution in [2.24, 2.45) is 35.5 Å². The highest BCUT2D eigenvalue weighted by Crippen LogP contribution is 2.68. The average molecular weight is 428 g/mol. The summed E-state index contributed by atoms with van der Waals surface area (Å²) in [6, 6.07) is 5.45. The third-order valence-corrected chi connectivity index (χ3v) is 7.88. The summed E-state index contributed by atoms with van der Waals surface area (Å²) in [7, 11) is 0. The molecule has 114 valence electrons. The molecule has 1 saturated heterocycles. The van der Waals surface area contributed by atoms with Gasteiger partial charge in [0, 0.05) is 3.57 Å². The zero-order chi connectivity index (χ0) is 15.2. The second-order valence-corrected chi connectivity index (χ2v) is 8.70. The largest absolute Gasteiger partial charge is 0.274 e. The van der Waals surface area contributed by atoms with Crippen molar-refractivity contribution in [1.82, 2.24) is 0 Å². The summed E-state index contributed by atoms with van der Waals surface area (Å²) in [4.78, 5) is 27.3. The van der Waals surface area contributed by atoms with Gasteiger partial charge in [-0.2, -0.15) is 0 Å². The van der Waals surface area contributed by atoms with Crippen LogP contribution in [0.2, 0.25) is 5.02 Å². The van der Waals surface area contributed by atoms with E-state index < -0.39 is 0 Å². The van der Waals surface area contributed by atoms with Gasteiger partial charge in [-0.3, -0.25) is 9.59 Å². The minimum absolute atomic E-state index is 0.0207. The van der Waals surface area contributed by atoms with Crippen molar-refractivity contribution in [3.05, 3.63) is 26.8 Å². The van der Waals surface area contributed by atoms with Crippen LogP contribution >= 0.6 is 34.2 Å². The van der Waals surface area contributed by atoms with Crippen LogP contribution < -0.4 is 4.90 Å². The number of fused-ring (bicyclic) bond motifs is 1. The van der Waals surface area contributed by atoms with E-state index in [-0.39, 0.29) is 23.7 Å². The molecule has 0 unspecified atom stereocenters. The summed E-state index contributed by atoms with van der Waals surface area (Å²) in [5.74, 6) is 2.25. The van der Waals surface area contributed by atoms with Crippen molar-refractivity contribution < 1.29 is 9.59 Å². The lowest BCUT2D eigenvalue weighted by molar-refractivity contribution is -0.129. The molecule has 4 saturated carbocycles. The number of imide groups is 1. The van der Waals surface area contributed by atoms with E-state index in [9.17, 15) is 9.59 Å². The summed E-state index contributed by atoms with van der Waals surface area (Å²) in [6.07, 6.45) is 3.51. The molecule has 1 aliphatic heterocycles. The third-order valence-electron chi connectivity index (χ3n) is 6.31. The summed E-state index contributed by atoms with van der Waals surface area (Å²) >= 11 is 8.34. The van der Waals surface area contributed by atoms with Gasteiger partial charge in [0.15, 0.2) is 0 Å².